The maximum atomic E-state index is 5.87. The highest BCUT2D eigenvalue weighted by Gasteiger charge is 2.40. The second-order valence-corrected chi connectivity index (χ2v) is 9.01. The van der Waals surface area contributed by atoms with Crippen LogP contribution in [0.1, 0.15) is 103 Å². The molecule has 1 aromatic rings. The lowest BCUT2D eigenvalue weighted by Gasteiger charge is -2.10. The molecule has 1 saturated heterocycles. The SMILES string of the molecule is CCCCCCCCCCC/C=C/CCCCc1cccc(OCC2(C)CO2)c1. The first-order valence-electron chi connectivity index (χ1n) is 12.2. The van der Waals surface area contributed by atoms with Crippen LogP contribution in [0.25, 0.3) is 0 Å². The van der Waals surface area contributed by atoms with Crippen LogP contribution in [0.15, 0.2) is 36.4 Å². The zero-order valence-electron chi connectivity index (χ0n) is 19.1. The highest BCUT2D eigenvalue weighted by molar-refractivity contribution is 5.28. The lowest BCUT2D eigenvalue weighted by Crippen LogP contribution is -2.16. The Morgan fingerprint density at radius 1 is 0.897 bits per heavy atom. The van der Waals surface area contributed by atoms with Crippen LogP contribution in [-0.4, -0.2) is 18.8 Å². The number of aryl methyl sites for hydroxylation is 1. The van der Waals surface area contributed by atoms with Crippen LogP contribution in [0, 0.1) is 0 Å². The number of rotatable bonds is 18. The van der Waals surface area contributed by atoms with Gasteiger partial charge in [0.1, 0.15) is 18.0 Å². The Morgan fingerprint density at radius 3 is 2.17 bits per heavy atom. The molecule has 0 radical (unpaired) electrons. The van der Waals surface area contributed by atoms with Crippen molar-refractivity contribution in [2.45, 2.75) is 109 Å². The largest absolute Gasteiger partial charge is 0.490 e. The van der Waals surface area contributed by atoms with Crippen molar-refractivity contribution < 1.29 is 9.47 Å². The average Bonchev–Trinajstić information content (AvgIpc) is 3.47. The fourth-order valence-corrected chi connectivity index (χ4v) is 3.63. The van der Waals surface area contributed by atoms with Gasteiger partial charge in [-0.3, -0.25) is 0 Å². The van der Waals surface area contributed by atoms with Crippen molar-refractivity contribution in [3.8, 4) is 5.75 Å². The Balaban J connectivity index is 1.40. The van der Waals surface area contributed by atoms with Gasteiger partial charge in [-0.25, -0.2) is 0 Å². The molecule has 1 unspecified atom stereocenters. The standard InChI is InChI=1S/C27H44O2/c1-3-4-5-6-7-8-9-10-11-12-13-14-15-16-17-19-25-20-18-21-26(22-25)28-23-27(2)24-29-27/h13-14,18,20-22H,3-12,15-17,19,23-24H2,1-2H3/b14-13+. The van der Waals surface area contributed by atoms with Crippen molar-refractivity contribution in [2.24, 2.45) is 0 Å². The highest BCUT2D eigenvalue weighted by Crippen LogP contribution is 2.27. The van der Waals surface area contributed by atoms with Gasteiger partial charge in [-0.15, -0.1) is 0 Å². The predicted octanol–water partition coefficient (Wildman–Crippen LogP) is 8.04. The first kappa shape index (κ1) is 24.0. The smallest absolute Gasteiger partial charge is 0.123 e. The van der Waals surface area contributed by atoms with E-state index < -0.39 is 0 Å². The van der Waals surface area contributed by atoms with E-state index in [4.69, 9.17) is 9.47 Å². The average molecular weight is 401 g/mol. The van der Waals surface area contributed by atoms with Crippen molar-refractivity contribution >= 4 is 0 Å². The van der Waals surface area contributed by atoms with Crippen LogP contribution < -0.4 is 4.74 Å². The van der Waals surface area contributed by atoms with E-state index in [1.54, 1.807) is 0 Å². The van der Waals surface area contributed by atoms with Crippen molar-refractivity contribution in [2.75, 3.05) is 13.2 Å². The molecule has 0 spiro atoms. The van der Waals surface area contributed by atoms with Crippen LogP contribution in [0.5, 0.6) is 5.75 Å². The van der Waals surface area contributed by atoms with E-state index >= 15 is 0 Å². The van der Waals surface area contributed by atoms with E-state index in [-0.39, 0.29) is 5.60 Å². The molecule has 0 amide bonds. The lowest BCUT2D eigenvalue weighted by atomic mass is 10.1. The molecule has 0 aliphatic carbocycles. The monoisotopic (exact) mass is 400 g/mol. The van der Waals surface area contributed by atoms with Gasteiger partial charge in [0, 0.05) is 0 Å². The molecule has 0 bridgehead atoms. The summed E-state index contributed by atoms with van der Waals surface area (Å²) < 4.78 is 11.2. The Labute approximate surface area is 180 Å². The van der Waals surface area contributed by atoms with Crippen molar-refractivity contribution in [3.63, 3.8) is 0 Å². The van der Waals surface area contributed by atoms with E-state index in [0.29, 0.717) is 6.61 Å². The summed E-state index contributed by atoms with van der Waals surface area (Å²) in [6.07, 6.45) is 23.6. The van der Waals surface area contributed by atoms with Crippen LogP contribution in [0.3, 0.4) is 0 Å². The Bertz CT molecular complexity index is 559. The van der Waals surface area contributed by atoms with Gasteiger partial charge in [0.15, 0.2) is 0 Å². The van der Waals surface area contributed by atoms with Crippen LogP contribution >= 0.6 is 0 Å². The second kappa shape index (κ2) is 14.7. The van der Waals surface area contributed by atoms with Gasteiger partial charge >= 0.3 is 0 Å². The normalized spacial score (nSPS) is 18.4. The van der Waals surface area contributed by atoms with Crippen molar-refractivity contribution in [3.05, 3.63) is 42.0 Å². The maximum Gasteiger partial charge on any atom is 0.123 e. The third-order valence-electron chi connectivity index (χ3n) is 5.81. The van der Waals surface area contributed by atoms with E-state index in [0.717, 1.165) is 18.8 Å². The number of hydrogen-bond acceptors (Lipinski definition) is 2. The van der Waals surface area contributed by atoms with Crippen LogP contribution in [0.2, 0.25) is 0 Å². The fourth-order valence-electron chi connectivity index (χ4n) is 3.63. The summed E-state index contributed by atoms with van der Waals surface area (Å²) in [5, 5.41) is 0. The molecule has 0 N–H and O–H groups in total. The molecule has 1 aliphatic rings. The van der Waals surface area contributed by atoms with Gasteiger partial charge in [0.2, 0.25) is 0 Å². The van der Waals surface area contributed by atoms with Gasteiger partial charge in [-0.05, 0) is 63.1 Å². The molecule has 0 aromatic heterocycles. The summed E-state index contributed by atoms with van der Waals surface area (Å²) in [7, 11) is 0. The molecule has 1 atom stereocenters. The Morgan fingerprint density at radius 2 is 1.52 bits per heavy atom. The Hall–Kier alpha value is -1.28. The number of unbranched alkanes of at least 4 members (excludes halogenated alkanes) is 11. The third-order valence-corrected chi connectivity index (χ3v) is 5.81. The van der Waals surface area contributed by atoms with Gasteiger partial charge in [0.25, 0.3) is 0 Å². The van der Waals surface area contributed by atoms with E-state index in [9.17, 15) is 0 Å². The van der Waals surface area contributed by atoms with Crippen LogP contribution in [0.4, 0.5) is 0 Å². The zero-order chi connectivity index (χ0) is 20.6. The molecule has 164 valence electrons. The van der Waals surface area contributed by atoms with Crippen molar-refractivity contribution in [1.29, 1.82) is 0 Å². The predicted molar refractivity (Wildman–Crippen MR) is 125 cm³/mol. The quantitative estimate of drug-likeness (QED) is 0.141. The molecule has 1 fully saturated rings. The summed E-state index contributed by atoms with van der Waals surface area (Å²) in [6.45, 7) is 5.86. The van der Waals surface area contributed by atoms with Crippen LogP contribution in [-0.2, 0) is 11.2 Å². The first-order valence-corrected chi connectivity index (χ1v) is 12.2. The third kappa shape index (κ3) is 12.1. The molecule has 1 aromatic carbocycles. The highest BCUT2D eigenvalue weighted by atomic mass is 16.6. The molecule has 2 heteroatoms. The van der Waals surface area contributed by atoms with Gasteiger partial charge in [-0.1, -0.05) is 82.6 Å². The van der Waals surface area contributed by atoms with E-state index in [1.807, 2.05) is 6.07 Å². The van der Waals surface area contributed by atoms with Gasteiger partial charge < -0.3 is 9.47 Å². The van der Waals surface area contributed by atoms with E-state index in [2.05, 4.69) is 44.2 Å². The second-order valence-electron chi connectivity index (χ2n) is 9.01. The summed E-state index contributed by atoms with van der Waals surface area (Å²) in [5.74, 6) is 0.972. The van der Waals surface area contributed by atoms with E-state index in [1.165, 1.54) is 89.0 Å². The summed E-state index contributed by atoms with van der Waals surface area (Å²) in [5.41, 5.74) is 1.33. The number of ether oxygens (including phenoxy) is 2. The molecule has 2 nitrogen and oxygen atoms in total. The molecule has 1 aliphatic heterocycles. The summed E-state index contributed by atoms with van der Waals surface area (Å²) in [6, 6.07) is 8.55. The topological polar surface area (TPSA) is 21.8 Å². The molecule has 2 rings (SSSR count). The molecular formula is C27H44O2. The minimum absolute atomic E-state index is 0.0451. The molecular weight excluding hydrogens is 356 g/mol. The maximum absolute atomic E-state index is 5.87. The fraction of sp³-hybridized carbons (Fsp3) is 0.704. The number of hydrogen-bond donors (Lipinski definition) is 0. The minimum Gasteiger partial charge on any atom is -0.490 e. The zero-order valence-corrected chi connectivity index (χ0v) is 19.1. The van der Waals surface area contributed by atoms with Gasteiger partial charge in [0.05, 0.1) is 6.61 Å². The molecule has 29 heavy (non-hydrogen) atoms. The lowest BCUT2D eigenvalue weighted by molar-refractivity contribution is 0.202. The number of allylic oxidation sites excluding steroid dienone is 2. The Kier molecular flexibility index (Phi) is 12.1. The van der Waals surface area contributed by atoms with Gasteiger partial charge in [-0.2, -0.15) is 0 Å². The minimum atomic E-state index is -0.0451. The summed E-state index contributed by atoms with van der Waals surface area (Å²) in [4.78, 5) is 0. The molecule has 1 heterocycles. The number of benzene rings is 1. The first-order chi connectivity index (χ1) is 14.2. The number of epoxide rings is 1. The summed E-state index contributed by atoms with van der Waals surface area (Å²) >= 11 is 0. The van der Waals surface area contributed by atoms with Crippen molar-refractivity contribution in [1.82, 2.24) is 0 Å². The molecule has 0 saturated carbocycles.